The SMILES string of the molecule is CN=C(Cc1ccc2ccccc2c1Cl)NC.Cl. The Hall–Kier alpha value is -1.25. The van der Waals surface area contributed by atoms with Gasteiger partial charge < -0.3 is 5.32 Å². The highest BCUT2D eigenvalue weighted by Gasteiger charge is 2.07. The van der Waals surface area contributed by atoms with E-state index in [-0.39, 0.29) is 12.4 Å². The highest BCUT2D eigenvalue weighted by Crippen LogP contribution is 2.27. The molecular formula is C14H16Cl2N2. The number of aliphatic imine (C=N–C) groups is 1. The van der Waals surface area contributed by atoms with Gasteiger partial charge in [-0.3, -0.25) is 4.99 Å². The number of hydrogen-bond donors (Lipinski definition) is 1. The van der Waals surface area contributed by atoms with Crippen molar-refractivity contribution in [3.05, 3.63) is 47.0 Å². The number of halogens is 2. The number of benzene rings is 2. The highest BCUT2D eigenvalue weighted by atomic mass is 35.5. The van der Waals surface area contributed by atoms with Crippen molar-refractivity contribution in [1.82, 2.24) is 5.32 Å². The quantitative estimate of drug-likeness (QED) is 0.659. The largest absolute Gasteiger partial charge is 0.377 e. The van der Waals surface area contributed by atoms with Gasteiger partial charge >= 0.3 is 0 Å². The standard InChI is InChI=1S/C14H15ClN2.ClH/c1-16-13(17-2)9-11-8-7-10-5-3-4-6-12(10)14(11)15;/h3-8H,9H2,1-2H3,(H,16,17);1H. The van der Waals surface area contributed by atoms with Crippen LogP contribution in [0.4, 0.5) is 0 Å². The van der Waals surface area contributed by atoms with Crippen molar-refractivity contribution >= 4 is 40.6 Å². The first-order valence-electron chi connectivity index (χ1n) is 5.55. The van der Waals surface area contributed by atoms with Crippen LogP contribution in [0, 0.1) is 0 Å². The van der Waals surface area contributed by atoms with Gasteiger partial charge in [0.05, 0.1) is 5.02 Å². The molecule has 0 radical (unpaired) electrons. The number of rotatable bonds is 2. The molecule has 0 saturated heterocycles. The summed E-state index contributed by atoms with van der Waals surface area (Å²) in [7, 11) is 3.65. The molecule has 4 heteroatoms. The summed E-state index contributed by atoms with van der Waals surface area (Å²) in [5.74, 6) is 0.933. The highest BCUT2D eigenvalue weighted by molar-refractivity contribution is 6.36. The Morgan fingerprint density at radius 2 is 1.94 bits per heavy atom. The minimum absolute atomic E-state index is 0. The van der Waals surface area contributed by atoms with E-state index in [1.165, 1.54) is 5.39 Å². The van der Waals surface area contributed by atoms with Crippen molar-refractivity contribution in [3.8, 4) is 0 Å². The molecule has 2 nitrogen and oxygen atoms in total. The molecule has 96 valence electrons. The summed E-state index contributed by atoms with van der Waals surface area (Å²) >= 11 is 6.42. The molecule has 0 unspecified atom stereocenters. The molecule has 0 spiro atoms. The molecule has 0 aliphatic heterocycles. The second kappa shape index (κ2) is 6.62. The lowest BCUT2D eigenvalue weighted by molar-refractivity contribution is 1.09. The van der Waals surface area contributed by atoms with Gasteiger partial charge in [-0.1, -0.05) is 48.0 Å². The maximum absolute atomic E-state index is 6.42. The number of nitrogens with zero attached hydrogens (tertiary/aromatic N) is 1. The van der Waals surface area contributed by atoms with Gasteiger partial charge in [-0.15, -0.1) is 12.4 Å². The van der Waals surface area contributed by atoms with Crippen LogP contribution >= 0.6 is 24.0 Å². The predicted molar refractivity (Wildman–Crippen MR) is 82.3 cm³/mol. The lowest BCUT2D eigenvalue weighted by Crippen LogP contribution is -2.20. The van der Waals surface area contributed by atoms with E-state index in [0.717, 1.165) is 28.2 Å². The molecule has 18 heavy (non-hydrogen) atoms. The van der Waals surface area contributed by atoms with Gasteiger partial charge in [0.1, 0.15) is 5.84 Å². The molecule has 0 saturated carbocycles. The van der Waals surface area contributed by atoms with Crippen molar-refractivity contribution < 1.29 is 0 Å². The maximum Gasteiger partial charge on any atom is 0.100 e. The van der Waals surface area contributed by atoms with Crippen LogP contribution in [0.15, 0.2) is 41.4 Å². The lowest BCUT2D eigenvalue weighted by atomic mass is 10.0. The van der Waals surface area contributed by atoms with Gasteiger partial charge in [-0.25, -0.2) is 0 Å². The first kappa shape index (κ1) is 14.8. The molecule has 2 rings (SSSR count). The summed E-state index contributed by atoms with van der Waals surface area (Å²) in [5.41, 5.74) is 1.10. The fourth-order valence-corrected chi connectivity index (χ4v) is 2.18. The van der Waals surface area contributed by atoms with E-state index in [4.69, 9.17) is 11.6 Å². The molecule has 2 aromatic rings. The molecule has 0 atom stereocenters. The third kappa shape index (κ3) is 2.95. The third-order valence-corrected chi connectivity index (χ3v) is 3.31. The average Bonchev–Trinajstić information content (AvgIpc) is 2.38. The number of fused-ring (bicyclic) bond motifs is 1. The predicted octanol–water partition coefficient (Wildman–Crippen LogP) is 3.71. The topological polar surface area (TPSA) is 24.4 Å². The molecule has 0 fully saturated rings. The van der Waals surface area contributed by atoms with Crippen LogP contribution in [0.1, 0.15) is 5.56 Å². The molecule has 0 aliphatic carbocycles. The molecule has 0 aliphatic rings. The van der Waals surface area contributed by atoms with Crippen molar-refractivity contribution in [2.24, 2.45) is 4.99 Å². The van der Waals surface area contributed by atoms with Crippen molar-refractivity contribution in [1.29, 1.82) is 0 Å². The van der Waals surface area contributed by atoms with Gasteiger partial charge in [0, 0.05) is 25.9 Å². The Morgan fingerprint density at radius 1 is 1.22 bits per heavy atom. The second-order valence-electron chi connectivity index (χ2n) is 3.86. The zero-order valence-electron chi connectivity index (χ0n) is 10.4. The summed E-state index contributed by atoms with van der Waals surface area (Å²) in [6.45, 7) is 0. The number of likely N-dealkylation sites (N-methyl/N-ethyl adjacent to an activating group) is 1. The molecule has 2 aromatic carbocycles. The van der Waals surface area contributed by atoms with E-state index in [1.54, 1.807) is 7.05 Å². The Morgan fingerprint density at radius 3 is 2.61 bits per heavy atom. The van der Waals surface area contributed by atoms with Crippen molar-refractivity contribution in [2.75, 3.05) is 14.1 Å². The summed E-state index contributed by atoms with van der Waals surface area (Å²) in [4.78, 5) is 4.17. The zero-order chi connectivity index (χ0) is 12.3. The first-order valence-corrected chi connectivity index (χ1v) is 5.93. The summed E-state index contributed by atoms with van der Waals surface area (Å²) < 4.78 is 0. The van der Waals surface area contributed by atoms with E-state index < -0.39 is 0 Å². The third-order valence-electron chi connectivity index (χ3n) is 2.86. The monoisotopic (exact) mass is 282 g/mol. The average molecular weight is 283 g/mol. The van der Waals surface area contributed by atoms with E-state index in [9.17, 15) is 0 Å². The van der Waals surface area contributed by atoms with Gasteiger partial charge in [-0.2, -0.15) is 0 Å². The Labute approximate surface area is 118 Å². The van der Waals surface area contributed by atoms with Crippen LogP contribution in [0.25, 0.3) is 10.8 Å². The molecular weight excluding hydrogens is 267 g/mol. The Bertz CT molecular complexity index is 565. The van der Waals surface area contributed by atoms with E-state index in [1.807, 2.05) is 25.2 Å². The molecule has 0 heterocycles. The van der Waals surface area contributed by atoms with E-state index in [2.05, 4.69) is 28.5 Å². The normalized spacial score (nSPS) is 11.2. The van der Waals surface area contributed by atoms with Gasteiger partial charge in [0.25, 0.3) is 0 Å². The number of nitrogens with one attached hydrogen (secondary N) is 1. The van der Waals surface area contributed by atoms with Crippen LogP contribution < -0.4 is 5.32 Å². The van der Waals surface area contributed by atoms with Crippen LogP contribution in [0.3, 0.4) is 0 Å². The first-order chi connectivity index (χ1) is 8.26. The summed E-state index contributed by atoms with van der Waals surface area (Å²) in [6.07, 6.45) is 0.733. The Balaban J connectivity index is 0.00000162. The van der Waals surface area contributed by atoms with Crippen LogP contribution in [-0.4, -0.2) is 19.9 Å². The molecule has 0 aromatic heterocycles. The number of amidine groups is 1. The summed E-state index contributed by atoms with van der Waals surface area (Å²) in [6, 6.07) is 12.3. The minimum atomic E-state index is 0. The van der Waals surface area contributed by atoms with Crippen LogP contribution in [-0.2, 0) is 6.42 Å². The summed E-state index contributed by atoms with van der Waals surface area (Å²) in [5, 5.41) is 6.15. The number of hydrogen-bond acceptors (Lipinski definition) is 1. The molecule has 1 N–H and O–H groups in total. The zero-order valence-corrected chi connectivity index (χ0v) is 12.0. The minimum Gasteiger partial charge on any atom is -0.377 e. The maximum atomic E-state index is 6.42. The lowest BCUT2D eigenvalue weighted by Gasteiger charge is -2.09. The van der Waals surface area contributed by atoms with Crippen molar-refractivity contribution in [3.63, 3.8) is 0 Å². The van der Waals surface area contributed by atoms with E-state index in [0.29, 0.717) is 0 Å². The molecule has 0 amide bonds. The van der Waals surface area contributed by atoms with Crippen LogP contribution in [0.5, 0.6) is 0 Å². The Kier molecular flexibility index (Phi) is 5.45. The van der Waals surface area contributed by atoms with Crippen molar-refractivity contribution in [2.45, 2.75) is 6.42 Å². The van der Waals surface area contributed by atoms with Gasteiger partial charge in [0.2, 0.25) is 0 Å². The van der Waals surface area contributed by atoms with E-state index >= 15 is 0 Å². The molecule has 0 bridgehead atoms. The van der Waals surface area contributed by atoms with Gasteiger partial charge in [-0.05, 0) is 10.9 Å². The van der Waals surface area contributed by atoms with Crippen LogP contribution in [0.2, 0.25) is 5.02 Å². The fourth-order valence-electron chi connectivity index (χ4n) is 1.87. The van der Waals surface area contributed by atoms with Gasteiger partial charge in [0.15, 0.2) is 0 Å². The fraction of sp³-hybridized carbons (Fsp3) is 0.214. The smallest absolute Gasteiger partial charge is 0.100 e. The second-order valence-corrected chi connectivity index (χ2v) is 4.23.